The summed E-state index contributed by atoms with van der Waals surface area (Å²) in [7, 11) is 3.24. The molecule has 0 unspecified atom stereocenters. The number of thioether (sulfide) groups is 1. The van der Waals surface area contributed by atoms with E-state index in [1.807, 2.05) is 52.7 Å². The van der Waals surface area contributed by atoms with Crippen LogP contribution in [0, 0.1) is 0 Å². The highest BCUT2D eigenvalue weighted by atomic mass is 32.2. The molecule has 1 aromatic heterocycles. The van der Waals surface area contributed by atoms with E-state index in [2.05, 4.69) is 15.2 Å². The third kappa shape index (κ3) is 6.89. The molecule has 0 saturated carbocycles. The van der Waals surface area contributed by atoms with Crippen LogP contribution in [0.4, 0.5) is 11.4 Å². The van der Waals surface area contributed by atoms with Gasteiger partial charge in [0.05, 0.1) is 32.1 Å². The van der Waals surface area contributed by atoms with Gasteiger partial charge in [0.15, 0.2) is 4.34 Å². The third-order valence-electron chi connectivity index (χ3n) is 5.61. The first-order chi connectivity index (χ1) is 17.0. The summed E-state index contributed by atoms with van der Waals surface area (Å²) in [6.07, 6.45) is 0.273. The van der Waals surface area contributed by atoms with E-state index in [9.17, 15) is 9.59 Å². The molecule has 2 heterocycles. The number of nitrogens with one attached hydrogen (secondary N) is 1. The lowest BCUT2D eigenvalue weighted by Gasteiger charge is -2.36. The number of thiazole rings is 1. The number of piperazine rings is 1. The van der Waals surface area contributed by atoms with Crippen LogP contribution in [0.2, 0.25) is 0 Å². The van der Waals surface area contributed by atoms with Gasteiger partial charge in [-0.1, -0.05) is 17.8 Å². The molecule has 1 aliphatic heterocycles. The first-order valence-electron chi connectivity index (χ1n) is 11.2. The molecule has 0 bridgehead atoms. The molecule has 184 valence electrons. The van der Waals surface area contributed by atoms with Gasteiger partial charge in [0.25, 0.3) is 0 Å². The van der Waals surface area contributed by atoms with Gasteiger partial charge in [0.2, 0.25) is 11.8 Å². The predicted molar refractivity (Wildman–Crippen MR) is 140 cm³/mol. The quantitative estimate of drug-likeness (QED) is 0.437. The maximum atomic E-state index is 12.8. The molecular weight excluding hydrogens is 484 g/mol. The second kappa shape index (κ2) is 11.9. The van der Waals surface area contributed by atoms with Gasteiger partial charge < -0.3 is 24.6 Å². The van der Waals surface area contributed by atoms with E-state index in [0.29, 0.717) is 24.5 Å². The molecule has 8 nitrogen and oxygen atoms in total. The maximum Gasteiger partial charge on any atom is 0.234 e. The molecular formula is C25H28N4O4S2. The van der Waals surface area contributed by atoms with Crippen molar-refractivity contribution in [2.24, 2.45) is 0 Å². The summed E-state index contributed by atoms with van der Waals surface area (Å²) in [5, 5.41) is 4.75. The van der Waals surface area contributed by atoms with Crippen LogP contribution in [0.15, 0.2) is 58.3 Å². The summed E-state index contributed by atoms with van der Waals surface area (Å²) in [6, 6.07) is 15.2. The van der Waals surface area contributed by atoms with E-state index >= 15 is 0 Å². The summed E-state index contributed by atoms with van der Waals surface area (Å²) in [5.74, 6) is 1.72. The molecule has 1 N–H and O–H groups in total. The lowest BCUT2D eigenvalue weighted by atomic mass is 10.2. The monoisotopic (exact) mass is 512 g/mol. The van der Waals surface area contributed by atoms with Gasteiger partial charge in [-0.25, -0.2) is 4.98 Å². The van der Waals surface area contributed by atoms with Crippen molar-refractivity contribution < 1.29 is 19.1 Å². The molecule has 0 atom stereocenters. The highest BCUT2D eigenvalue weighted by Crippen LogP contribution is 2.25. The zero-order chi connectivity index (χ0) is 24.6. The highest BCUT2D eigenvalue weighted by Gasteiger charge is 2.22. The number of carbonyl (C=O) groups excluding carboxylic acids is 2. The van der Waals surface area contributed by atoms with Gasteiger partial charge in [-0.15, -0.1) is 11.3 Å². The van der Waals surface area contributed by atoms with Gasteiger partial charge in [-0.2, -0.15) is 0 Å². The SMILES string of the molecule is COc1ccc(N2CCN(C(=O)Cc3csc(SCC(=O)Nc4cccc(OC)c4)n3)CC2)cc1. The maximum absolute atomic E-state index is 12.8. The molecule has 0 spiro atoms. The number of carbonyl (C=O) groups is 2. The third-order valence-corrected chi connectivity index (χ3v) is 7.68. The van der Waals surface area contributed by atoms with Crippen LogP contribution in [0.5, 0.6) is 11.5 Å². The topological polar surface area (TPSA) is 84.0 Å². The van der Waals surface area contributed by atoms with E-state index in [-0.39, 0.29) is 24.0 Å². The van der Waals surface area contributed by atoms with E-state index in [0.717, 1.165) is 34.6 Å². The number of anilines is 2. The van der Waals surface area contributed by atoms with Crippen LogP contribution in [0.3, 0.4) is 0 Å². The molecule has 0 aliphatic carbocycles. The number of methoxy groups -OCH3 is 2. The molecule has 0 radical (unpaired) electrons. The summed E-state index contributed by atoms with van der Waals surface area (Å²) >= 11 is 2.82. The number of benzene rings is 2. The first-order valence-corrected chi connectivity index (χ1v) is 13.1. The second-order valence-electron chi connectivity index (χ2n) is 7.92. The smallest absolute Gasteiger partial charge is 0.234 e. The van der Waals surface area contributed by atoms with Crippen LogP contribution in [-0.2, 0) is 16.0 Å². The number of ether oxygens (including phenoxy) is 2. The minimum absolute atomic E-state index is 0.0806. The molecule has 2 aromatic carbocycles. The zero-order valence-electron chi connectivity index (χ0n) is 19.7. The Balaban J connectivity index is 1.21. The van der Waals surface area contributed by atoms with Gasteiger partial charge in [0.1, 0.15) is 11.5 Å². The molecule has 1 fully saturated rings. The minimum atomic E-state index is -0.120. The van der Waals surface area contributed by atoms with Crippen molar-refractivity contribution in [3.8, 4) is 11.5 Å². The van der Waals surface area contributed by atoms with Crippen molar-refractivity contribution in [3.05, 3.63) is 59.6 Å². The number of hydrogen-bond acceptors (Lipinski definition) is 8. The van der Waals surface area contributed by atoms with Crippen molar-refractivity contribution in [2.45, 2.75) is 10.8 Å². The largest absolute Gasteiger partial charge is 0.497 e. The summed E-state index contributed by atoms with van der Waals surface area (Å²) in [5.41, 5.74) is 2.57. The van der Waals surface area contributed by atoms with Crippen LogP contribution in [0.25, 0.3) is 0 Å². The summed E-state index contributed by atoms with van der Waals surface area (Å²) in [4.78, 5) is 33.8. The van der Waals surface area contributed by atoms with Crippen LogP contribution < -0.4 is 19.7 Å². The van der Waals surface area contributed by atoms with Gasteiger partial charge in [-0.3, -0.25) is 9.59 Å². The fraction of sp³-hybridized carbons (Fsp3) is 0.320. The average Bonchev–Trinajstić information content (AvgIpc) is 3.35. The molecule has 1 saturated heterocycles. The average molecular weight is 513 g/mol. The summed E-state index contributed by atoms with van der Waals surface area (Å²) < 4.78 is 11.2. The van der Waals surface area contributed by atoms with Gasteiger partial charge in [-0.05, 0) is 36.4 Å². The molecule has 3 aromatic rings. The van der Waals surface area contributed by atoms with E-state index in [1.165, 1.54) is 23.1 Å². The zero-order valence-corrected chi connectivity index (χ0v) is 21.4. The fourth-order valence-corrected chi connectivity index (χ4v) is 5.38. The van der Waals surface area contributed by atoms with Crippen molar-refractivity contribution in [3.63, 3.8) is 0 Å². The molecule has 35 heavy (non-hydrogen) atoms. The Morgan fingerprint density at radius 1 is 1.03 bits per heavy atom. The Bertz CT molecular complexity index is 1140. The normalized spacial score (nSPS) is 13.4. The number of rotatable bonds is 9. The number of amides is 2. The van der Waals surface area contributed by atoms with E-state index < -0.39 is 0 Å². The Labute approximate surface area is 213 Å². The number of aromatic nitrogens is 1. The Kier molecular flexibility index (Phi) is 8.49. The Morgan fingerprint density at radius 2 is 1.77 bits per heavy atom. The lowest BCUT2D eigenvalue weighted by molar-refractivity contribution is -0.130. The van der Waals surface area contributed by atoms with E-state index in [4.69, 9.17) is 9.47 Å². The first kappa shape index (κ1) is 24.9. The second-order valence-corrected chi connectivity index (χ2v) is 10.00. The van der Waals surface area contributed by atoms with Crippen LogP contribution in [-0.4, -0.2) is 67.8 Å². The van der Waals surface area contributed by atoms with Crippen LogP contribution in [0.1, 0.15) is 5.69 Å². The van der Waals surface area contributed by atoms with Gasteiger partial charge in [0, 0.05) is 49.0 Å². The van der Waals surface area contributed by atoms with Crippen molar-refractivity contribution >= 4 is 46.3 Å². The van der Waals surface area contributed by atoms with Gasteiger partial charge >= 0.3 is 0 Å². The minimum Gasteiger partial charge on any atom is -0.497 e. The Morgan fingerprint density at radius 3 is 2.49 bits per heavy atom. The lowest BCUT2D eigenvalue weighted by Crippen LogP contribution is -2.49. The standard InChI is InChI=1S/C25H28N4O4S2/c1-32-21-8-6-20(7-9-21)28-10-12-29(13-11-28)24(31)15-19-16-34-25(27-19)35-17-23(30)26-18-4-3-5-22(14-18)33-2/h3-9,14,16H,10-13,15,17H2,1-2H3,(H,26,30). The predicted octanol–water partition coefficient (Wildman–Crippen LogP) is 3.78. The van der Waals surface area contributed by atoms with Crippen LogP contribution >= 0.6 is 23.1 Å². The fourth-order valence-electron chi connectivity index (χ4n) is 3.73. The Hall–Kier alpha value is -3.24. The highest BCUT2D eigenvalue weighted by molar-refractivity contribution is 8.01. The molecule has 4 rings (SSSR count). The molecule has 2 amide bonds. The number of nitrogens with zero attached hydrogens (tertiary/aromatic N) is 3. The van der Waals surface area contributed by atoms with Crippen molar-refractivity contribution in [1.29, 1.82) is 0 Å². The summed E-state index contributed by atoms with van der Waals surface area (Å²) in [6.45, 7) is 2.94. The molecule has 1 aliphatic rings. The molecule has 10 heteroatoms. The van der Waals surface area contributed by atoms with Crippen molar-refractivity contribution in [1.82, 2.24) is 9.88 Å². The van der Waals surface area contributed by atoms with Crippen molar-refractivity contribution in [2.75, 3.05) is 56.4 Å². The number of hydrogen-bond donors (Lipinski definition) is 1. The van der Waals surface area contributed by atoms with E-state index in [1.54, 1.807) is 20.3 Å².